The monoisotopic (exact) mass is 356 g/mol. The van der Waals surface area contributed by atoms with Gasteiger partial charge in [-0.05, 0) is 45.8 Å². The second-order valence-electron chi connectivity index (χ2n) is 4.06. The van der Waals surface area contributed by atoms with E-state index >= 15 is 0 Å². The summed E-state index contributed by atoms with van der Waals surface area (Å²) in [5.41, 5.74) is 1.49. The van der Waals surface area contributed by atoms with E-state index in [-0.39, 0.29) is 16.5 Å². The van der Waals surface area contributed by atoms with E-state index in [9.17, 15) is 15.2 Å². The van der Waals surface area contributed by atoms with Crippen LogP contribution in [0, 0.1) is 10.1 Å². The Hall–Kier alpha value is -1.79. The Morgan fingerprint density at radius 2 is 2.05 bits per heavy atom. The van der Waals surface area contributed by atoms with Crippen molar-refractivity contribution in [3.05, 3.63) is 61.6 Å². The van der Waals surface area contributed by atoms with Crippen LogP contribution in [0.25, 0.3) is 0 Å². The third-order valence-electron chi connectivity index (χ3n) is 2.65. The van der Waals surface area contributed by atoms with Gasteiger partial charge in [0.05, 0.1) is 14.4 Å². The highest BCUT2D eigenvalue weighted by molar-refractivity contribution is 9.10. The van der Waals surface area contributed by atoms with Gasteiger partial charge in [0.1, 0.15) is 5.75 Å². The van der Waals surface area contributed by atoms with E-state index in [0.29, 0.717) is 16.7 Å². The molecule has 0 bridgehead atoms. The van der Waals surface area contributed by atoms with Crippen LogP contribution in [0.15, 0.2) is 40.9 Å². The summed E-state index contributed by atoms with van der Waals surface area (Å²) >= 11 is 8.94. The lowest BCUT2D eigenvalue weighted by molar-refractivity contribution is -0.385. The first-order chi connectivity index (χ1) is 9.47. The van der Waals surface area contributed by atoms with Crippen LogP contribution in [0.4, 0.5) is 11.4 Å². The maximum Gasteiger partial charge on any atom is 0.285 e. The largest absolute Gasteiger partial charge is 0.506 e. The van der Waals surface area contributed by atoms with Crippen molar-refractivity contribution in [2.45, 2.75) is 6.54 Å². The topological polar surface area (TPSA) is 75.4 Å². The number of rotatable bonds is 4. The van der Waals surface area contributed by atoms with Crippen molar-refractivity contribution < 1.29 is 10.0 Å². The standard InChI is InChI=1S/C13H10BrClN2O3/c14-10-3-2-9(6-12(10)17(19)20)16-7-8-1-4-13(18)11(15)5-8/h1-6,16,18H,7H2. The lowest BCUT2D eigenvalue weighted by Crippen LogP contribution is -2.00. The maximum absolute atomic E-state index is 10.8. The highest BCUT2D eigenvalue weighted by Crippen LogP contribution is 2.28. The Morgan fingerprint density at radius 1 is 1.30 bits per heavy atom. The quantitative estimate of drug-likeness (QED) is 0.631. The first kappa shape index (κ1) is 14.6. The minimum Gasteiger partial charge on any atom is -0.506 e. The zero-order valence-electron chi connectivity index (χ0n) is 10.1. The molecule has 2 N–H and O–H groups in total. The summed E-state index contributed by atoms with van der Waals surface area (Å²) < 4.78 is 0.431. The van der Waals surface area contributed by atoms with Gasteiger partial charge in [-0.2, -0.15) is 0 Å². The molecule has 20 heavy (non-hydrogen) atoms. The van der Waals surface area contributed by atoms with E-state index in [1.54, 1.807) is 24.3 Å². The zero-order valence-corrected chi connectivity index (χ0v) is 12.5. The fourth-order valence-electron chi connectivity index (χ4n) is 1.63. The van der Waals surface area contributed by atoms with Crippen LogP contribution < -0.4 is 5.32 Å². The number of anilines is 1. The predicted octanol–water partition coefficient (Wildman–Crippen LogP) is 4.33. The third-order valence-corrected chi connectivity index (χ3v) is 3.62. The van der Waals surface area contributed by atoms with Gasteiger partial charge in [0, 0.05) is 18.3 Å². The molecule has 0 unspecified atom stereocenters. The number of nitrogens with one attached hydrogen (secondary N) is 1. The summed E-state index contributed by atoms with van der Waals surface area (Å²) in [6, 6.07) is 9.66. The van der Waals surface area contributed by atoms with Gasteiger partial charge in [0.2, 0.25) is 0 Å². The van der Waals surface area contributed by atoms with Gasteiger partial charge in [-0.25, -0.2) is 0 Å². The number of nitro benzene ring substituents is 1. The predicted molar refractivity (Wildman–Crippen MR) is 81.2 cm³/mol. The molecule has 0 spiro atoms. The minimum atomic E-state index is -0.452. The van der Waals surface area contributed by atoms with Crippen LogP contribution in [-0.4, -0.2) is 10.0 Å². The number of aromatic hydroxyl groups is 1. The molecule has 0 saturated carbocycles. The molecule has 0 radical (unpaired) electrons. The van der Waals surface area contributed by atoms with Crippen LogP contribution in [0.2, 0.25) is 5.02 Å². The molecule has 0 saturated heterocycles. The van der Waals surface area contributed by atoms with Crippen molar-refractivity contribution in [1.82, 2.24) is 0 Å². The van der Waals surface area contributed by atoms with Crippen LogP contribution in [0.5, 0.6) is 5.75 Å². The highest BCUT2D eigenvalue weighted by atomic mass is 79.9. The molecule has 0 amide bonds. The van der Waals surface area contributed by atoms with E-state index in [4.69, 9.17) is 11.6 Å². The summed E-state index contributed by atoms with van der Waals surface area (Å²) in [6.45, 7) is 0.443. The summed E-state index contributed by atoms with van der Waals surface area (Å²) in [4.78, 5) is 10.4. The Labute approximate surface area is 128 Å². The molecule has 0 aliphatic rings. The highest BCUT2D eigenvalue weighted by Gasteiger charge is 2.12. The van der Waals surface area contributed by atoms with Gasteiger partial charge in [-0.1, -0.05) is 17.7 Å². The number of phenolic OH excluding ortho intramolecular Hbond substituents is 1. The number of phenols is 1. The minimum absolute atomic E-state index is 0.00117. The van der Waals surface area contributed by atoms with Crippen molar-refractivity contribution in [2.75, 3.05) is 5.32 Å². The molecular weight excluding hydrogens is 348 g/mol. The van der Waals surface area contributed by atoms with E-state index in [1.807, 2.05) is 0 Å². The van der Waals surface area contributed by atoms with Crippen LogP contribution in [0.3, 0.4) is 0 Å². The zero-order chi connectivity index (χ0) is 14.7. The molecule has 5 nitrogen and oxygen atoms in total. The van der Waals surface area contributed by atoms with Gasteiger partial charge >= 0.3 is 0 Å². The smallest absolute Gasteiger partial charge is 0.285 e. The molecule has 0 aliphatic carbocycles. The second kappa shape index (κ2) is 6.11. The number of hydrogen-bond donors (Lipinski definition) is 2. The lowest BCUT2D eigenvalue weighted by Gasteiger charge is -2.08. The molecule has 7 heteroatoms. The van der Waals surface area contributed by atoms with E-state index in [2.05, 4.69) is 21.2 Å². The molecule has 0 fully saturated rings. The fourth-order valence-corrected chi connectivity index (χ4v) is 2.22. The Kier molecular flexibility index (Phi) is 4.46. The Balaban J connectivity index is 2.12. The van der Waals surface area contributed by atoms with Crippen molar-refractivity contribution in [3.63, 3.8) is 0 Å². The molecule has 104 valence electrons. The summed E-state index contributed by atoms with van der Waals surface area (Å²) in [5.74, 6) is 0.0229. The number of nitro groups is 1. The fraction of sp³-hybridized carbons (Fsp3) is 0.0769. The van der Waals surface area contributed by atoms with Crippen LogP contribution in [0.1, 0.15) is 5.56 Å². The summed E-state index contributed by atoms with van der Waals surface area (Å²) in [5, 5.41) is 23.5. The van der Waals surface area contributed by atoms with E-state index in [1.165, 1.54) is 12.1 Å². The third kappa shape index (κ3) is 3.40. The van der Waals surface area contributed by atoms with E-state index in [0.717, 1.165) is 5.56 Å². The Bertz CT molecular complexity index is 664. The van der Waals surface area contributed by atoms with Crippen LogP contribution in [-0.2, 0) is 6.54 Å². The molecular formula is C13H10BrClN2O3. The first-order valence-corrected chi connectivity index (χ1v) is 6.79. The van der Waals surface area contributed by atoms with E-state index < -0.39 is 4.92 Å². The molecule has 0 aromatic heterocycles. The number of hydrogen-bond acceptors (Lipinski definition) is 4. The normalized spacial score (nSPS) is 10.3. The summed E-state index contributed by atoms with van der Waals surface area (Å²) in [7, 11) is 0. The van der Waals surface area contributed by atoms with Gasteiger partial charge < -0.3 is 10.4 Å². The van der Waals surface area contributed by atoms with Crippen molar-refractivity contribution >= 4 is 38.9 Å². The summed E-state index contributed by atoms with van der Waals surface area (Å²) in [6.07, 6.45) is 0. The molecule has 2 aromatic carbocycles. The van der Waals surface area contributed by atoms with Crippen molar-refractivity contribution in [2.24, 2.45) is 0 Å². The molecule has 2 aromatic rings. The number of halogens is 2. The Morgan fingerprint density at radius 3 is 2.70 bits per heavy atom. The molecule has 0 aliphatic heterocycles. The average Bonchev–Trinajstić information content (AvgIpc) is 2.41. The first-order valence-electron chi connectivity index (χ1n) is 5.62. The molecule has 0 heterocycles. The average molecular weight is 358 g/mol. The van der Waals surface area contributed by atoms with Crippen LogP contribution >= 0.6 is 27.5 Å². The van der Waals surface area contributed by atoms with Gasteiger partial charge in [0.25, 0.3) is 5.69 Å². The van der Waals surface area contributed by atoms with Crippen molar-refractivity contribution in [1.29, 1.82) is 0 Å². The van der Waals surface area contributed by atoms with Gasteiger partial charge in [-0.3, -0.25) is 10.1 Å². The lowest BCUT2D eigenvalue weighted by atomic mass is 10.2. The SMILES string of the molecule is O=[N+]([O-])c1cc(NCc2ccc(O)c(Cl)c2)ccc1Br. The molecule has 0 atom stereocenters. The van der Waals surface area contributed by atoms with Gasteiger partial charge in [-0.15, -0.1) is 0 Å². The van der Waals surface area contributed by atoms with Crippen molar-refractivity contribution in [3.8, 4) is 5.75 Å². The molecule has 2 rings (SSSR count). The van der Waals surface area contributed by atoms with Gasteiger partial charge in [0.15, 0.2) is 0 Å². The second-order valence-corrected chi connectivity index (χ2v) is 5.32. The maximum atomic E-state index is 10.8. The number of benzene rings is 2. The number of nitrogens with zero attached hydrogens (tertiary/aromatic N) is 1.